The highest BCUT2D eigenvalue weighted by Crippen LogP contribution is 2.28. The monoisotopic (exact) mass is 335 g/mol. The predicted molar refractivity (Wildman–Crippen MR) is 102 cm³/mol. The highest BCUT2D eigenvalue weighted by molar-refractivity contribution is 5.94. The first-order valence-electron chi connectivity index (χ1n) is 9.22. The minimum Gasteiger partial charge on any atom is -0.369 e. The number of nitrogens with one attached hydrogen (secondary N) is 1. The molecule has 0 bridgehead atoms. The molecule has 0 unspecified atom stereocenters. The lowest BCUT2D eigenvalue weighted by atomic mass is 10.0. The smallest absolute Gasteiger partial charge is 0.224 e. The quantitative estimate of drug-likeness (QED) is 0.933. The molecule has 25 heavy (non-hydrogen) atoms. The molecule has 1 fully saturated rings. The van der Waals surface area contributed by atoms with E-state index in [-0.39, 0.29) is 5.91 Å². The van der Waals surface area contributed by atoms with Crippen LogP contribution in [0, 0.1) is 0 Å². The first kappa shape index (κ1) is 16.2. The number of carbonyl (C=O) groups excluding carboxylic acids is 1. The first-order valence-corrected chi connectivity index (χ1v) is 9.22. The van der Waals surface area contributed by atoms with Gasteiger partial charge in [0.15, 0.2) is 0 Å². The molecule has 0 spiro atoms. The van der Waals surface area contributed by atoms with Crippen molar-refractivity contribution in [1.29, 1.82) is 0 Å². The van der Waals surface area contributed by atoms with Crippen LogP contribution in [0.3, 0.4) is 0 Å². The number of nitrogens with zero attached hydrogens (tertiary/aromatic N) is 2. The van der Waals surface area contributed by atoms with E-state index in [0.717, 1.165) is 51.3 Å². The van der Waals surface area contributed by atoms with Crippen molar-refractivity contribution in [3.8, 4) is 0 Å². The molecule has 2 aliphatic rings. The summed E-state index contributed by atoms with van der Waals surface area (Å²) >= 11 is 0. The average Bonchev–Trinajstić information content (AvgIpc) is 2.67. The molecule has 4 heteroatoms. The summed E-state index contributed by atoms with van der Waals surface area (Å²) in [6.07, 6.45) is 2.58. The zero-order valence-corrected chi connectivity index (χ0v) is 14.6. The van der Waals surface area contributed by atoms with Gasteiger partial charge in [-0.05, 0) is 42.2 Å². The van der Waals surface area contributed by atoms with Gasteiger partial charge in [-0.2, -0.15) is 0 Å². The van der Waals surface area contributed by atoms with E-state index in [4.69, 9.17) is 0 Å². The van der Waals surface area contributed by atoms with Crippen LogP contribution in [-0.4, -0.2) is 43.5 Å². The van der Waals surface area contributed by atoms with Crippen molar-refractivity contribution >= 4 is 17.3 Å². The number of hydrogen-bond acceptors (Lipinski definition) is 3. The summed E-state index contributed by atoms with van der Waals surface area (Å²) in [5.74, 6) is 0.132. The Hall–Kier alpha value is -2.33. The molecule has 1 N–H and O–H groups in total. The Morgan fingerprint density at radius 1 is 0.920 bits per heavy atom. The number of amides is 1. The number of piperazine rings is 1. The second kappa shape index (κ2) is 7.28. The molecule has 2 aromatic rings. The molecule has 130 valence electrons. The minimum absolute atomic E-state index is 0.132. The van der Waals surface area contributed by atoms with Crippen LogP contribution < -0.4 is 10.2 Å². The third-order valence-electron chi connectivity index (χ3n) is 5.28. The Labute approximate surface area is 149 Å². The van der Waals surface area contributed by atoms with Crippen LogP contribution in [0.5, 0.6) is 0 Å². The van der Waals surface area contributed by atoms with Gasteiger partial charge in [0.1, 0.15) is 0 Å². The maximum Gasteiger partial charge on any atom is 0.224 e. The fourth-order valence-corrected chi connectivity index (χ4v) is 3.73. The van der Waals surface area contributed by atoms with Crippen LogP contribution in [0.4, 0.5) is 11.4 Å². The van der Waals surface area contributed by atoms with Crippen molar-refractivity contribution in [1.82, 2.24) is 4.90 Å². The number of hydrogen-bond donors (Lipinski definition) is 1. The molecule has 2 heterocycles. The zero-order chi connectivity index (χ0) is 17.1. The summed E-state index contributed by atoms with van der Waals surface area (Å²) in [5.41, 5.74) is 4.96. The van der Waals surface area contributed by atoms with Gasteiger partial charge in [0, 0.05) is 50.5 Å². The second-order valence-corrected chi connectivity index (χ2v) is 6.95. The van der Waals surface area contributed by atoms with E-state index in [1.54, 1.807) is 0 Å². The second-order valence-electron chi connectivity index (χ2n) is 6.95. The van der Waals surface area contributed by atoms with Gasteiger partial charge in [0.25, 0.3) is 0 Å². The fourth-order valence-electron chi connectivity index (χ4n) is 3.73. The van der Waals surface area contributed by atoms with Crippen LogP contribution in [0.1, 0.15) is 17.5 Å². The van der Waals surface area contributed by atoms with Crippen molar-refractivity contribution in [2.24, 2.45) is 0 Å². The fraction of sp³-hybridized carbons (Fsp3) is 0.381. The van der Waals surface area contributed by atoms with Gasteiger partial charge in [0.2, 0.25) is 5.91 Å². The van der Waals surface area contributed by atoms with E-state index in [2.05, 4.69) is 63.6 Å². The Kier molecular flexibility index (Phi) is 4.70. The average molecular weight is 335 g/mol. The minimum atomic E-state index is 0.132. The van der Waals surface area contributed by atoms with Crippen molar-refractivity contribution in [3.63, 3.8) is 0 Å². The van der Waals surface area contributed by atoms with Crippen molar-refractivity contribution in [3.05, 3.63) is 59.7 Å². The van der Waals surface area contributed by atoms with Gasteiger partial charge < -0.3 is 10.2 Å². The van der Waals surface area contributed by atoms with E-state index in [9.17, 15) is 4.79 Å². The van der Waals surface area contributed by atoms with Gasteiger partial charge in [-0.15, -0.1) is 0 Å². The summed E-state index contributed by atoms with van der Waals surface area (Å²) in [4.78, 5) is 16.5. The lowest BCUT2D eigenvalue weighted by molar-refractivity contribution is -0.116. The molecule has 0 saturated carbocycles. The van der Waals surface area contributed by atoms with Gasteiger partial charge >= 0.3 is 0 Å². The van der Waals surface area contributed by atoms with E-state index in [1.807, 2.05) is 0 Å². The van der Waals surface area contributed by atoms with E-state index in [1.165, 1.54) is 16.8 Å². The Bertz CT molecular complexity index is 736. The predicted octanol–water partition coefficient (Wildman–Crippen LogP) is 2.94. The first-order chi connectivity index (χ1) is 12.3. The normalized spacial score (nSPS) is 17.9. The summed E-state index contributed by atoms with van der Waals surface area (Å²) in [6.45, 7) is 5.50. The third-order valence-corrected chi connectivity index (χ3v) is 5.28. The number of rotatable bonds is 4. The molecule has 4 rings (SSSR count). The summed E-state index contributed by atoms with van der Waals surface area (Å²) in [7, 11) is 0. The van der Waals surface area contributed by atoms with Gasteiger partial charge in [-0.1, -0.05) is 30.3 Å². The SMILES string of the molecule is O=C1CCc2cc(N3CCN(CCc4ccccc4)CC3)ccc2N1. The molecule has 4 nitrogen and oxygen atoms in total. The van der Waals surface area contributed by atoms with Crippen LogP contribution >= 0.6 is 0 Å². The Morgan fingerprint density at radius 3 is 2.52 bits per heavy atom. The van der Waals surface area contributed by atoms with E-state index >= 15 is 0 Å². The summed E-state index contributed by atoms with van der Waals surface area (Å²) < 4.78 is 0. The topological polar surface area (TPSA) is 35.6 Å². The molecule has 0 aromatic heterocycles. The van der Waals surface area contributed by atoms with Gasteiger partial charge in [-0.3, -0.25) is 9.69 Å². The summed E-state index contributed by atoms with van der Waals surface area (Å²) in [5, 5.41) is 2.96. The van der Waals surface area contributed by atoms with Gasteiger partial charge in [-0.25, -0.2) is 0 Å². The van der Waals surface area contributed by atoms with E-state index in [0.29, 0.717) is 6.42 Å². The highest BCUT2D eigenvalue weighted by Gasteiger charge is 2.20. The molecule has 2 aromatic carbocycles. The van der Waals surface area contributed by atoms with Crippen LogP contribution in [0.15, 0.2) is 48.5 Å². The maximum atomic E-state index is 11.5. The van der Waals surface area contributed by atoms with Crippen molar-refractivity contribution in [2.45, 2.75) is 19.3 Å². The molecule has 1 amide bonds. The molecular formula is C21H25N3O. The highest BCUT2D eigenvalue weighted by atomic mass is 16.1. The van der Waals surface area contributed by atoms with Crippen LogP contribution in [-0.2, 0) is 17.6 Å². The number of anilines is 2. The van der Waals surface area contributed by atoms with Crippen LogP contribution in [0.25, 0.3) is 0 Å². The maximum absolute atomic E-state index is 11.5. The lowest BCUT2D eigenvalue weighted by Crippen LogP contribution is -2.47. The van der Waals surface area contributed by atoms with Gasteiger partial charge in [0.05, 0.1) is 0 Å². The third kappa shape index (κ3) is 3.85. The molecule has 1 saturated heterocycles. The van der Waals surface area contributed by atoms with Crippen LogP contribution in [0.2, 0.25) is 0 Å². The number of carbonyl (C=O) groups is 1. The largest absolute Gasteiger partial charge is 0.369 e. The Morgan fingerprint density at radius 2 is 1.72 bits per heavy atom. The Balaban J connectivity index is 1.32. The van der Waals surface area contributed by atoms with Crippen molar-refractivity contribution < 1.29 is 4.79 Å². The molecule has 0 aliphatic carbocycles. The number of benzene rings is 2. The number of aryl methyl sites for hydroxylation is 1. The molecule has 2 aliphatic heterocycles. The molecule has 0 radical (unpaired) electrons. The standard InChI is InChI=1S/C21H25N3O/c25-21-9-6-18-16-19(7-8-20(18)22-21)24-14-12-23(13-15-24)11-10-17-4-2-1-3-5-17/h1-5,7-8,16H,6,9-15H2,(H,22,25). The van der Waals surface area contributed by atoms with E-state index < -0.39 is 0 Å². The van der Waals surface area contributed by atoms with Crippen molar-refractivity contribution in [2.75, 3.05) is 42.9 Å². The molecular weight excluding hydrogens is 310 g/mol. The number of fused-ring (bicyclic) bond motifs is 1. The molecule has 0 atom stereocenters. The lowest BCUT2D eigenvalue weighted by Gasteiger charge is -2.36. The zero-order valence-electron chi connectivity index (χ0n) is 14.6. The summed E-state index contributed by atoms with van der Waals surface area (Å²) in [6, 6.07) is 17.2.